The van der Waals surface area contributed by atoms with Gasteiger partial charge in [0, 0.05) is 6.04 Å². The van der Waals surface area contributed by atoms with E-state index in [2.05, 4.69) is 0 Å². The second-order valence-corrected chi connectivity index (χ2v) is 9.30. The van der Waals surface area contributed by atoms with Crippen LogP contribution in [-0.2, 0) is 14.2 Å². The average molecular weight is 425 g/mol. The zero-order chi connectivity index (χ0) is 21.7. The average Bonchev–Trinajstić information content (AvgIpc) is 3.04. The van der Waals surface area contributed by atoms with E-state index in [0.717, 1.165) is 37.7 Å². The Morgan fingerprint density at radius 2 is 1.74 bits per heavy atom. The van der Waals surface area contributed by atoms with Crippen LogP contribution in [0.2, 0.25) is 0 Å². The summed E-state index contributed by atoms with van der Waals surface area (Å²) in [6.45, 7) is -0.260. The lowest BCUT2D eigenvalue weighted by molar-refractivity contribution is -0.143. The number of carbonyl (C=O) groups excluding carboxylic acids is 2. The molecule has 31 heavy (non-hydrogen) atoms. The van der Waals surface area contributed by atoms with Crippen LogP contribution < -0.4 is 0 Å². The second-order valence-electron chi connectivity index (χ2n) is 9.30. The number of phenols is 1. The number of aliphatic hydroxyl groups excluding tert-OH is 1. The van der Waals surface area contributed by atoms with Gasteiger partial charge in [-0.2, -0.15) is 0 Å². The molecular formula is C23H28BNO6. The topological polar surface area (TPSA) is 107 Å². The molecular weight excluding hydrogens is 397 g/mol. The van der Waals surface area contributed by atoms with Crippen LogP contribution in [-0.4, -0.2) is 51.7 Å². The van der Waals surface area contributed by atoms with Crippen LogP contribution in [0, 0.1) is 17.8 Å². The number of aliphatic hydroxyl groups is 1. The SMILES string of the molecule is O=C1[C@H]2[C@H](CC(CO)=C3B(O)O[C@H](c4ccc(O)cc4)C[C@H]32)C(=O)N1C1CCCCC1. The number of likely N-dealkylation sites (tertiary alicyclic amines) is 1. The molecule has 4 atom stereocenters. The molecule has 2 amide bonds. The van der Waals surface area contributed by atoms with Gasteiger partial charge in [-0.3, -0.25) is 14.5 Å². The largest absolute Gasteiger partial charge is 0.508 e. The highest BCUT2D eigenvalue weighted by atomic mass is 16.5. The van der Waals surface area contributed by atoms with Crippen LogP contribution in [0.5, 0.6) is 5.75 Å². The molecule has 164 valence electrons. The molecule has 3 fully saturated rings. The minimum Gasteiger partial charge on any atom is -0.508 e. The van der Waals surface area contributed by atoms with Crippen molar-refractivity contribution in [1.82, 2.24) is 4.90 Å². The van der Waals surface area contributed by atoms with Gasteiger partial charge in [-0.25, -0.2) is 0 Å². The number of nitrogens with zero attached hydrogens (tertiary/aromatic N) is 1. The van der Waals surface area contributed by atoms with Crippen LogP contribution in [0.15, 0.2) is 35.3 Å². The molecule has 1 saturated carbocycles. The van der Waals surface area contributed by atoms with Gasteiger partial charge in [-0.05, 0) is 60.3 Å². The lowest BCUT2D eigenvalue weighted by atomic mass is 9.55. The molecule has 0 unspecified atom stereocenters. The molecule has 2 saturated heterocycles. The first-order valence-corrected chi connectivity index (χ1v) is 11.3. The monoisotopic (exact) mass is 425 g/mol. The van der Waals surface area contributed by atoms with Crippen molar-refractivity contribution in [2.75, 3.05) is 6.61 Å². The smallest absolute Gasteiger partial charge is 0.487 e. The Bertz CT molecular complexity index is 909. The number of aromatic hydroxyl groups is 1. The Morgan fingerprint density at radius 1 is 1.03 bits per heavy atom. The van der Waals surface area contributed by atoms with Crippen molar-refractivity contribution in [3.63, 3.8) is 0 Å². The van der Waals surface area contributed by atoms with E-state index in [9.17, 15) is 24.8 Å². The summed E-state index contributed by atoms with van der Waals surface area (Å²) in [5.41, 5.74) is 1.99. The Kier molecular flexibility index (Phi) is 5.40. The third kappa shape index (κ3) is 3.41. The van der Waals surface area contributed by atoms with Gasteiger partial charge >= 0.3 is 7.12 Å². The fraction of sp³-hybridized carbons (Fsp3) is 0.565. The molecule has 5 rings (SSSR count). The normalized spacial score (nSPS) is 31.8. The maximum Gasteiger partial charge on any atom is 0.487 e. The van der Waals surface area contributed by atoms with Crippen molar-refractivity contribution in [1.29, 1.82) is 0 Å². The number of hydrogen-bond acceptors (Lipinski definition) is 6. The molecule has 1 aromatic carbocycles. The summed E-state index contributed by atoms with van der Waals surface area (Å²) in [7, 11) is -1.23. The number of allylic oxidation sites excluding steroid dienone is 1. The fourth-order valence-electron chi connectivity index (χ4n) is 6.18. The number of hydrogen-bond donors (Lipinski definition) is 3. The van der Waals surface area contributed by atoms with Crippen LogP contribution in [0.3, 0.4) is 0 Å². The summed E-state index contributed by atoms with van der Waals surface area (Å²) in [5, 5.41) is 30.4. The van der Waals surface area contributed by atoms with E-state index >= 15 is 0 Å². The number of carbonyl (C=O) groups is 2. The molecule has 4 aliphatic rings. The van der Waals surface area contributed by atoms with Crippen molar-refractivity contribution in [2.24, 2.45) is 17.8 Å². The summed E-state index contributed by atoms with van der Waals surface area (Å²) in [6, 6.07) is 6.58. The molecule has 8 heteroatoms. The fourth-order valence-corrected chi connectivity index (χ4v) is 6.18. The number of fused-ring (bicyclic) bond motifs is 3. The van der Waals surface area contributed by atoms with E-state index in [1.54, 1.807) is 24.3 Å². The first-order chi connectivity index (χ1) is 15.0. The van der Waals surface area contributed by atoms with E-state index < -0.39 is 25.1 Å². The van der Waals surface area contributed by atoms with Gasteiger partial charge in [0.05, 0.1) is 24.5 Å². The number of rotatable bonds is 3. The van der Waals surface area contributed by atoms with Crippen molar-refractivity contribution in [3.8, 4) is 5.75 Å². The van der Waals surface area contributed by atoms with Crippen molar-refractivity contribution in [2.45, 2.75) is 57.1 Å². The standard InChI is InChI=1S/C23H28BNO6/c26-12-14-10-18-20(23(29)25(22(18)28)15-4-2-1-3-5-15)17-11-19(31-24(30)21(14)17)13-6-8-16(27)9-7-13/h6-9,15,17-20,26-27,30H,1-5,10-12H2/t17-,18-,19-,20+/m0/s1. The maximum absolute atomic E-state index is 13.6. The van der Waals surface area contributed by atoms with E-state index in [4.69, 9.17) is 4.65 Å². The second kappa shape index (κ2) is 8.08. The van der Waals surface area contributed by atoms with Gasteiger partial charge in [0.25, 0.3) is 0 Å². The summed E-state index contributed by atoms with van der Waals surface area (Å²) >= 11 is 0. The van der Waals surface area contributed by atoms with Gasteiger partial charge in [0.1, 0.15) is 5.75 Å². The van der Waals surface area contributed by atoms with E-state index in [1.807, 2.05) is 0 Å². The van der Waals surface area contributed by atoms with Gasteiger partial charge in [0.2, 0.25) is 11.8 Å². The summed E-state index contributed by atoms with van der Waals surface area (Å²) < 4.78 is 5.86. The number of phenolic OH excluding ortho intramolecular Hbond substituents is 1. The molecule has 1 aromatic rings. The summed E-state index contributed by atoms with van der Waals surface area (Å²) in [6.07, 6.45) is 5.19. The third-order valence-electron chi connectivity index (χ3n) is 7.64. The molecule has 0 bridgehead atoms. The minimum absolute atomic E-state index is 0.0296. The first-order valence-electron chi connectivity index (χ1n) is 11.3. The molecule has 2 aliphatic carbocycles. The van der Waals surface area contributed by atoms with Crippen LogP contribution in [0.25, 0.3) is 0 Å². The summed E-state index contributed by atoms with van der Waals surface area (Å²) in [4.78, 5) is 28.4. The number of amides is 2. The maximum atomic E-state index is 13.6. The first kappa shape index (κ1) is 20.7. The highest BCUT2D eigenvalue weighted by Gasteiger charge is 2.58. The van der Waals surface area contributed by atoms with Crippen molar-refractivity contribution in [3.05, 3.63) is 40.9 Å². The molecule has 3 N–H and O–H groups in total. The quantitative estimate of drug-likeness (QED) is 0.506. The molecule has 2 heterocycles. The number of imide groups is 1. The van der Waals surface area contributed by atoms with Gasteiger partial charge in [-0.1, -0.05) is 31.4 Å². The van der Waals surface area contributed by atoms with E-state index in [1.165, 1.54) is 4.90 Å². The summed E-state index contributed by atoms with van der Waals surface area (Å²) in [5.74, 6) is -1.45. The van der Waals surface area contributed by atoms with Crippen molar-refractivity contribution < 1.29 is 29.5 Å². The van der Waals surface area contributed by atoms with Gasteiger partial charge in [-0.15, -0.1) is 0 Å². The van der Waals surface area contributed by atoms with Gasteiger partial charge in [0.15, 0.2) is 0 Å². The minimum atomic E-state index is -1.23. The predicted molar refractivity (Wildman–Crippen MR) is 112 cm³/mol. The Labute approximate surface area is 181 Å². The lowest BCUT2D eigenvalue weighted by Gasteiger charge is -2.42. The molecule has 0 aromatic heterocycles. The van der Waals surface area contributed by atoms with Gasteiger partial charge < -0.3 is 19.9 Å². The molecule has 7 nitrogen and oxygen atoms in total. The molecule has 2 aliphatic heterocycles. The van der Waals surface area contributed by atoms with E-state index in [0.29, 0.717) is 23.9 Å². The molecule has 0 radical (unpaired) electrons. The zero-order valence-electron chi connectivity index (χ0n) is 17.4. The van der Waals surface area contributed by atoms with Crippen LogP contribution in [0.4, 0.5) is 0 Å². The lowest BCUT2D eigenvalue weighted by Crippen LogP contribution is -2.45. The highest BCUT2D eigenvalue weighted by molar-refractivity contribution is 6.53. The Balaban J connectivity index is 1.49. The van der Waals surface area contributed by atoms with Crippen molar-refractivity contribution >= 4 is 18.9 Å². The van der Waals surface area contributed by atoms with E-state index in [-0.39, 0.29) is 36.1 Å². The highest BCUT2D eigenvalue weighted by Crippen LogP contribution is 2.52. The third-order valence-corrected chi connectivity index (χ3v) is 7.64. The van der Waals surface area contributed by atoms with Crippen LogP contribution >= 0.6 is 0 Å². The predicted octanol–water partition coefficient (Wildman–Crippen LogP) is 2.12. The zero-order valence-corrected chi connectivity index (χ0v) is 17.4. The number of benzene rings is 1. The molecule has 0 spiro atoms. The Hall–Kier alpha value is -2.16. The van der Waals surface area contributed by atoms with Crippen LogP contribution in [0.1, 0.15) is 56.6 Å². The Morgan fingerprint density at radius 3 is 2.42 bits per heavy atom.